The summed E-state index contributed by atoms with van der Waals surface area (Å²) in [5, 5.41) is 10.3. The molecule has 3 aliphatic heterocycles. The molecule has 0 amide bonds. The number of thiazole rings is 1. The molecule has 1 unspecified atom stereocenters. The maximum absolute atomic E-state index is 11.4. The van der Waals surface area contributed by atoms with Crippen LogP contribution in [0.3, 0.4) is 0 Å². The third-order valence-electron chi connectivity index (χ3n) is 4.39. The summed E-state index contributed by atoms with van der Waals surface area (Å²) in [6.45, 7) is 5.47. The normalized spacial score (nSPS) is 33.6. The van der Waals surface area contributed by atoms with Gasteiger partial charge in [0.15, 0.2) is 0 Å². The molecule has 0 aromatic carbocycles. The van der Waals surface area contributed by atoms with Gasteiger partial charge in [-0.3, -0.25) is 9.80 Å². The quantitative estimate of drug-likeness (QED) is 0.906. The van der Waals surface area contributed by atoms with Crippen molar-refractivity contribution < 1.29 is 9.90 Å². The summed E-state index contributed by atoms with van der Waals surface area (Å²) in [6.07, 6.45) is 2.20. The number of rotatable bonds is 3. The number of carbonyl (C=O) groups is 1. The van der Waals surface area contributed by atoms with E-state index in [-0.39, 0.29) is 0 Å². The van der Waals surface area contributed by atoms with Gasteiger partial charge in [-0.2, -0.15) is 0 Å². The highest BCUT2D eigenvalue weighted by Crippen LogP contribution is 2.44. The molecule has 4 heterocycles. The highest BCUT2D eigenvalue weighted by Gasteiger charge is 2.38. The fourth-order valence-electron chi connectivity index (χ4n) is 3.13. The van der Waals surface area contributed by atoms with Crippen molar-refractivity contribution in [3.05, 3.63) is 15.6 Å². The minimum absolute atomic E-state index is 0.318. The molecule has 1 aromatic rings. The first-order chi connectivity index (χ1) is 9.22. The maximum Gasteiger partial charge on any atom is 0.347 e. The molecule has 1 aliphatic carbocycles. The lowest BCUT2D eigenvalue weighted by Gasteiger charge is -2.46. The number of carboxylic acids is 1. The van der Waals surface area contributed by atoms with E-state index < -0.39 is 5.97 Å². The van der Waals surface area contributed by atoms with Crippen molar-refractivity contribution in [2.24, 2.45) is 0 Å². The van der Waals surface area contributed by atoms with Crippen LogP contribution in [0.25, 0.3) is 0 Å². The van der Waals surface area contributed by atoms with E-state index in [4.69, 9.17) is 4.98 Å². The molecule has 19 heavy (non-hydrogen) atoms. The SMILES string of the molecule is O=C(O)c1sc(C2CN3CCN2CC3)nc1C1CC1. The number of nitrogens with zero attached hydrogens (tertiary/aromatic N) is 3. The van der Waals surface area contributed by atoms with Crippen LogP contribution in [0.1, 0.15) is 45.2 Å². The summed E-state index contributed by atoms with van der Waals surface area (Å²) in [5.74, 6) is -0.394. The van der Waals surface area contributed by atoms with E-state index in [1.807, 2.05) is 0 Å². The smallest absolute Gasteiger partial charge is 0.347 e. The molecular weight excluding hydrogens is 262 g/mol. The van der Waals surface area contributed by atoms with Gasteiger partial charge in [0.05, 0.1) is 11.7 Å². The van der Waals surface area contributed by atoms with Gasteiger partial charge in [-0.25, -0.2) is 9.78 Å². The van der Waals surface area contributed by atoms with Gasteiger partial charge in [-0.15, -0.1) is 11.3 Å². The van der Waals surface area contributed by atoms with Gasteiger partial charge >= 0.3 is 5.97 Å². The summed E-state index contributed by atoms with van der Waals surface area (Å²) >= 11 is 1.40. The molecule has 1 aromatic heterocycles. The standard InChI is InChI=1S/C13H17N3O2S/c17-13(18)11-10(8-1-2-8)14-12(19-11)9-7-15-3-5-16(9)6-4-15/h8-9H,1-7H2,(H,17,18). The van der Waals surface area contributed by atoms with Gasteiger partial charge in [-0.1, -0.05) is 0 Å². The average molecular weight is 279 g/mol. The van der Waals surface area contributed by atoms with Crippen LogP contribution in [-0.4, -0.2) is 58.6 Å². The third-order valence-corrected chi connectivity index (χ3v) is 5.55. The monoisotopic (exact) mass is 279 g/mol. The minimum Gasteiger partial charge on any atom is -0.477 e. The fraction of sp³-hybridized carbons (Fsp3) is 0.692. The second kappa shape index (κ2) is 4.26. The lowest BCUT2D eigenvalue weighted by Crippen LogP contribution is -2.56. The first-order valence-electron chi connectivity index (χ1n) is 6.92. The number of fused-ring (bicyclic) bond motifs is 3. The van der Waals surface area contributed by atoms with Crippen LogP contribution < -0.4 is 0 Å². The topological polar surface area (TPSA) is 56.7 Å². The lowest BCUT2D eigenvalue weighted by molar-refractivity contribution is 0.0122. The Balaban J connectivity index is 1.67. The van der Waals surface area contributed by atoms with E-state index >= 15 is 0 Å². The Kier molecular flexibility index (Phi) is 2.65. The summed E-state index contributed by atoms with van der Waals surface area (Å²) in [6, 6.07) is 0.318. The van der Waals surface area contributed by atoms with Crippen LogP contribution in [-0.2, 0) is 0 Å². The first kappa shape index (κ1) is 11.8. The lowest BCUT2D eigenvalue weighted by atomic mass is 10.1. The van der Waals surface area contributed by atoms with E-state index in [9.17, 15) is 9.90 Å². The van der Waals surface area contributed by atoms with Gasteiger partial charge in [0.1, 0.15) is 9.88 Å². The van der Waals surface area contributed by atoms with Crippen molar-refractivity contribution >= 4 is 17.3 Å². The van der Waals surface area contributed by atoms with Gasteiger partial charge in [-0.05, 0) is 12.8 Å². The zero-order chi connectivity index (χ0) is 13.0. The number of piperazine rings is 3. The van der Waals surface area contributed by atoms with Crippen LogP contribution in [0.5, 0.6) is 0 Å². The molecule has 0 spiro atoms. The molecule has 6 heteroatoms. The number of hydrogen-bond donors (Lipinski definition) is 1. The van der Waals surface area contributed by atoms with Gasteiger partial charge in [0, 0.05) is 38.6 Å². The van der Waals surface area contributed by atoms with E-state index in [2.05, 4.69) is 9.80 Å². The maximum atomic E-state index is 11.4. The molecule has 5 rings (SSSR count). The highest BCUT2D eigenvalue weighted by molar-refractivity contribution is 7.13. The Morgan fingerprint density at radius 3 is 2.53 bits per heavy atom. The molecule has 5 nitrogen and oxygen atoms in total. The van der Waals surface area contributed by atoms with Crippen molar-refractivity contribution in [3.8, 4) is 0 Å². The van der Waals surface area contributed by atoms with E-state index in [1.54, 1.807) is 0 Å². The van der Waals surface area contributed by atoms with E-state index in [0.717, 1.165) is 56.3 Å². The third kappa shape index (κ3) is 1.98. The summed E-state index contributed by atoms with van der Waals surface area (Å²) in [7, 11) is 0. The number of aromatic nitrogens is 1. The molecule has 4 aliphatic rings. The zero-order valence-corrected chi connectivity index (χ0v) is 11.5. The average Bonchev–Trinajstić information content (AvgIpc) is 3.18. The van der Waals surface area contributed by atoms with Gasteiger partial charge < -0.3 is 5.11 Å². The van der Waals surface area contributed by atoms with Crippen molar-refractivity contribution in [2.75, 3.05) is 32.7 Å². The summed E-state index contributed by atoms with van der Waals surface area (Å²) in [5.41, 5.74) is 0.852. The minimum atomic E-state index is -0.804. The molecule has 2 bridgehead atoms. The fourth-order valence-corrected chi connectivity index (χ4v) is 4.25. The van der Waals surface area contributed by atoms with Crippen molar-refractivity contribution in [2.45, 2.75) is 24.8 Å². The van der Waals surface area contributed by atoms with Crippen molar-refractivity contribution in [1.29, 1.82) is 0 Å². The molecular formula is C13H17N3O2S. The Labute approximate surface area is 115 Å². The Hall–Kier alpha value is -0.980. The second-order valence-corrected chi connectivity index (χ2v) is 6.73. The van der Waals surface area contributed by atoms with Gasteiger partial charge in [0.2, 0.25) is 0 Å². The summed E-state index contributed by atoms with van der Waals surface area (Å²) < 4.78 is 0. The Morgan fingerprint density at radius 1 is 1.26 bits per heavy atom. The number of hydrogen-bond acceptors (Lipinski definition) is 5. The van der Waals surface area contributed by atoms with Crippen molar-refractivity contribution in [1.82, 2.24) is 14.8 Å². The van der Waals surface area contributed by atoms with E-state index in [0.29, 0.717) is 16.8 Å². The predicted octanol–water partition coefficient (Wildman–Crippen LogP) is 1.39. The van der Waals surface area contributed by atoms with Crippen LogP contribution in [0.2, 0.25) is 0 Å². The molecule has 1 N–H and O–H groups in total. The largest absolute Gasteiger partial charge is 0.477 e. The number of aromatic carboxylic acids is 1. The van der Waals surface area contributed by atoms with Crippen LogP contribution in [0.15, 0.2) is 0 Å². The molecule has 1 saturated carbocycles. The highest BCUT2D eigenvalue weighted by atomic mass is 32.1. The van der Waals surface area contributed by atoms with Gasteiger partial charge in [0.25, 0.3) is 0 Å². The molecule has 3 saturated heterocycles. The van der Waals surface area contributed by atoms with Crippen LogP contribution in [0.4, 0.5) is 0 Å². The summed E-state index contributed by atoms with van der Waals surface area (Å²) in [4.78, 5) is 21.5. The van der Waals surface area contributed by atoms with Crippen LogP contribution >= 0.6 is 11.3 Å². The molecule has 4 fully saturated rings. The molecule has 102 valence electrons. The van der Waals surface area contributed by atoms with Crippen molar-refractivity contribution in [3.63, 3.8) is 0 Å². The number of carboxylic acid groups (broad SMARTS) is 1. The molecule has 1 atom stereocenters. The second-order valence-electron chi connectivity index (χ2n) is 5.70. The Morgan fingerprint density at radius 2 is 2.00 bits per heavy atom. The van der Waals surface area contributed by atoms with Crippen LogP contribution in [0, 0.1) is 0 Å². The predicted molar refractivity (Wildman–Crippen MR) is 71.8 cm³/mol. The zero-order valence-electron chi connectivity index (χ0n) is 10.7. The molecule has 0 radical (unpaired) electrons. The van der Waals surface area contributed by atoms with E-state index in [1.165, 1.54) is 11.3 Å². The Bertz CT molecular complexity index is 518. The first-order valence-corrected chi connectivity index (χ1v) is 7.74.